The maximum absolute atomic E-state index is 13.9. The molecule has 29 heavy (non-hydrogen) atoms. The molecule has 1 saturated heterocycles. The molecule has 0 bridgehead atoms. The van der Waals surface area contributed by atoms with Gasteiger partial charge in [0.15, 0.2) is 0 Å². The maximum atomic E-state index is 13.9. The van der Waals surface area contributed by atoms with Gasteiger partial charge in [0.2, 0.25) is 5.91 Å². The first-order valence-corrected chi connectivity index (χ1v) is 10.5. The SMILES string of the molecule is CC(=O)N1C[C@H](Nc2ncnc3[nH]cc([C@H]4CC[C@@]5(C4)CC5(F)F)c23)CC[C@@H]1C. The van der Waals surface area contributed by atoms with E-state index in [2.05, 4.69) is 27.2 Å². The molecule has 5 rings (SSSR count). The number of amides is 1. The van der Waals surface area contributed by atoms with Crippen molar-refractivity contribution in [2.45, 2.75) is 76.3 Å². The zero-order valence-electron chi connectivity index (χ0n) is 16.8. The Kier molecular flexibility index (Phi) is 4.12. The van der Waals surface area contributed by atoms with Crippen LogP contribution in [0.4, 0.5) is 14.6 Å². The van der Waals surface area contributed by atoms with Gasteiger partial charge in [0.25, 0.3) is 5.92 Å². The van der Waals surface area contributed by atoms with Crippen molar-refractivity contribution in [3.05, 3.63) is 18.1 Å². The zero-order chi connectivity index (χ0) is 20.4. The Morgan fingerprint density at radius 3 is 2.79 bits per heavy atom. The number of fused-ring (bicyclic) bond motifs is 1. The number of H-pyrrole nitrogens is 1. The molecule has 2 saturated carbocycles. The van der Waals surface area contributed by atoms with Crippen LogP contribution in [0, 0.1) is 5.41 Å². The van der Waals surface area contributed by atoms with Crippen molar-refractivity contribution in [1.29, 1.82) is 0 Å². The van der Waals surface area contributed by atoms with E-state index in [0.29, 0.717) is 19.4 Å². The van der Waals surface area contributed by atoms with Crippen molar-refractivity contribution in [3.8, 4) is 0 Å². The van der Waals surface area contributed by atoms with Gasteiger partial charge < -0.3 is 15.2 Å². The lowest BCUT2D eigenvalue weighted by molar-refractivity contribution is -0.132. The van der Waals surface area contributed by atoms with Crippen molar-refractivity contribution in [3.63, 3.8) is 0 Å². The standard InChI is InChI=1S/C21H27F2N5O/c1-12-3-4-15(9-28(12)13(2)29)27-19-17-16(8-24-18(17)25-11-26-19)14-5-6-20(7-14)10-21(20,22)23/h8,11-12,14-15H,3-7,9-10H2,1-2H3,(H2,24,25,26,27)/t12-,14-,15+,20+/m0/s1. The number of nitrogens with zero attached hydrogens (tertiary/aromatic N) is 3. The Hall–Kier alpha value is -2.25. The van der Waals surface area contributed by atoms with E-state index in [4.69, 9.17) is 0 Å². The van der Waals surface area contributed by atoms with Crippen LogP contribution in [0.1, 0.15) is 63.9 Å². The summed E-state index contributed by atoms with van der Waals surface area (Å²) in [5, 5.41) is 4.43. The van der Waals surface area contributed by atoms with Crippen LogP contribution in [0.3, 0.4) is 0 Å². The highest BCUT2D eigenvalue weighted by atomic mass is 19.3. The highest BCUT2D eigenvalue weighted by Crippen LogP contribution is 2.71. The van der Waals surface area contributed by atoms with Crippen molar-refractivity contribution in [2.24, 2.45) is 5.41 Å². The normalized spacial score (nSPS) is 33.4. The number of piperidine rings is 1. The lowest BCUT2D eigenvalue weighted by atomic mass is 9.95. The molecule has 1 spiro atoms. The molecule has 1 amide bonds. The van der Waals surface area contributed by atoms with E-state index < -0.39 is 11.3 Å². The van der Waals surface area contributed by atoms with Gasteiger partial charge in [-0.15, -0.1) is 0 Å². The second kappa shape index (κ2) is 6.37. The fraction of sp³-hybridized carbons (Fsp3) is 0.667. The molecule has 1 aliphatic heterocycles. The molecule has 2 aliphatic carbocycles. The van der Waals surface area contributed by atoms with Gasteiger partial charge in [0, 0.05) is 43.6 Å². The highest BCUT2D eigenvalue weighted by Gasteiger charge is 2.72. The molecule has 4 atom stereocenters. The summed E-state index contributed by atoms with van der Waals surface area (Å²) in [6, 6.07) is 0.354. The van der Waals surface area contributed by atoms with Crippen molar-refractivity contribution < 1.29 is 13.6 Å². The molecule has 2 N–H and O–H groups in total. The lowest BCUT2D eigenvalue weighted by Crippen LogP contribution is -2.49. The van der Waals surface area contributed by atoms with Gasteiger partial charge in [0.05, 0.1) is 5.39 Å². The van der Waals surface area contributed by atoms with Gasteiger partial charge in [-0.2, -0.15) is 0 Å². The number of nitrogens with one attached hydrogen (secondary N) is 2. The zero-order valence-corrected chi connectivity index (χ0v) is 16.8. The fourth-order valence-corrected chi connectivity index (χ4v) is 5.54. The van der Waals surface area contributed by atoms with E-state index in [1.54, 1.807) is 6.92 Å². The number of hydrogen-bond donors (Lipinski definition) is 2. The topological polar surface area (TPSA) is 73.9 Å². The van der Waals surface area contributed by atoms with Gasteiger partial charge in [-0.05, 0) is 50.5 Å². The molecule has 3 heterocycles. The van der Waals surface area contributed by atoms with Crippen LogP contribution >= 0.6 is 0 Å². The minimum absolute atomic E-state index is 0.0294. The number of hydrogen-bond acceptors (Lipinski definition) is 4. The van der Waals surface area contributed by atoms with E-state index >= 15 is 0 Å². The third-order valence-electron chi connectivity index (χ3n) is 7.39. The smallest absolute Gasteiger partial charge is 0.254 e. The predicted molar refractivity (Wildman–Crippen MR) is 106 cm³/mol. The van der Waals surface area contributed by atoms with E-state index in [1.165, 1.54) is 6.33 Å². The molecule has 6 nitrogen and oxygen atoms in total. The summed E-state index contributed by atoms with van der Waals surface area (Å²) in [7, 11) is 0. The molecule has 2 aromatic rings. The lowest BCUT2D eigenvalue weighted by Gasteiger charge is -2.38. The molecule has 2 aromatic heterocycles. The van der Waals surface area contributed by atoms with Crippen LogP contribution in [0.15, 0.2) is 12.5 Å². The van der Waals surface area contributed by atoms with E-state index in [0.717, 1.165) is 41.7 Å². The third-order valence-corrected chi connectivity index (χ3v) is 7.39. The van der Waals surface area contributed by atoms with Crippen LogP contribution in [0.2, 0.25) is 0 Å². The van der Waals surface area contributed by atoms with Crippen LogP contribution in [0.25, 0.3) is 11.0 Å². The Labute approximate surface area is 168 Å². The Morgan fingerprint density at radius 2 is 2.10 bits per heavy atom. The first kappa shape index (κ1) is 18.8. The molecule has 0 unspecified atom stereocenters. The number of carbonyl (C=O) groups is 1. The number of likely N-dealkylation sites (tertiary alicyclic amines) is 1. The largest absolute Gasteiger partial charge is 0.365 e. The van der Waals surface area contributed by atoms with Crippen LogP contribution in [-0.2, 0) is 4.79 Å². The van der Waals surface area contributed by atoms with Crippen molar-refractivity contribution >= 4 is 22.8 Å². The maximum Gasteiger partial charge on any atom is 0.254 e. The van der Waals surface area contributed by atoms with E-state index in [9.17, 15) is 13.6 Å². The van der Waals surface area contributed by atoms with Gasteiger partial charge in [-0.25, -0.2) is 18.7 Å². The molecule has 0 radical (unpaired) electrons. The summed E-state index contributed by atoms with van der Waals surface area (Å²) in [6.07, 6.45) is 7.24. The number of alkyl halides is 2. The summed E-state index contributed by atoms with van der Waals surface area (Å²) >= 11 is 0. The third kappa shape index (κ3) is 2.99. The quantitative estimate of drug-likeness (QED) is 0.811. The predicted octanol–water partition coefficient (Wildman–Crippen LogP) is 4.06. The number of aromatic nitrogens is 3. The summed E-state index contributed by atoms with van der Waals surface area (Å²) in [5.41, 5.74) is 0.982. The number of aromatic amines is 1. The van der Waals surface area contributed by atoms with Crippen LogP contribution in [-0.4, -0.2) is 50.3 Å². The second-order valence-corrected chi connectivity index (χ2v) is 9.23. The summed E-state index contributed by atoms with van der Waals surface area (Å²) < 4.78 is 27.7. The Morgan fingerprint density at radius 1 is 1.31 bits per heavy atom. The monoisotopic (exact) mass is 403 g/mol. The van der Waals surface area contributed by atoms with Crippen LogP contribution < -0.4 is 5.32 Å². The minimum Gasteiger partial charge on any atom is -0.365 e. The summed E-state index contributed by atoms with van der Waals surface area (Å²) in [4.78, 5) is 25.9. The molecule has 8 heteroatoms. The van der Waals surface area contributed by atoms with E-state index in [1.807, 2.05) is 11.1 Å². The molecule has 3 aliphatic rings. The highest BCUT2D eigenvalue weighted by molar-refractivity contribution is 5.91. The number of rotatable bonds is 3. The average molecular weight is 403 g/mol. The number of carbonyl (C=O) groups excluding carboxylic acids is 1. The number of halogens is 2. The van der Waals surface area contributed by atoms with Crippen molar-refractivity contribution in [2.75, 3.05) is 11.9 Å². The van der Waals surface area contributed by atoms with Gasteiger partial charge >= 0.3 is 0 Å². The molecular formula is C21H27F2N5O. The summed E-state index contributed by atoms with van der Waals surface area (Å²) in [5.74, 6) is -1.58. The molecule has 0 aromatic carbocycles. The molecule has 156 valence electrons. The van der Waals surface area contributed by atoms with Gasteiger partial charge in [0.1, 0.15) is 17.8 Å². The Bertz CT molecular complexity index is 960. The van der Waals surface area contributed by atoms with E-state index in [-0.39, 0.29) is 30.3 Å². The van der Waals surface area contributed by atoms with Crippen LogP contribution in [0.5, 0.6) is 0 Å². The first-order chi connectivity index (χ1) is 13.8. The first-order valence-electron chi connectivity index (χ1n) is 10.5. The summed E-state index contributed by atoms with van der Waals surface area (Å²) in [6.45, 7) is 4.32. The van der Waals surface area contributed by atoms with Gasteiger partial charge in [-0.1, -0.05) is 0 Å². The average Bonchev–Trinajstić information content (AvgIpc) is 3.03. The second-order valence-electron chi connectivity index (χ2n) is 9.23. The minimum atomic E-state index is -2.50. The molecular weight excluding hydrogens is 376 g/mol. The Balaban J connectivity index is 1.41. The molecule has 3 fully saturated rings. The fourth-order valence-electron chi connectivity index (χ4n) is 5.54. The van der Waals surface area contributed by atoms with Gasteiger partial charge in [-0.3, -0.25) is 4.79 Å². The number of anilines is 1. The van der Waals surface area contributed by atoms with Crippen molar-refractivity contribution in [1.82, 2.24) is 19.9 Å².